The number of hydrogen-bond acceptors (Lipinski definition) is 6. The topological polar surface area (TPSA) is 92.2 Å². The second-order valence-corrected chi connectivity index (χ2v) is 11.0. The van der Waals surface area contributed by atoms with Gasteiger partial charge in [-0.15, -0.1) is 0 Å². The van der Waals surface area contributed by atoms with Gasteiger partial charge in [0.25, 0.3) is 5.91 Å². The molecular formula is C32H36BrN3O4. The minimum Gasteiger partial charge on any atom is -0.494 e. The predicted molar refractivity (Wildman–Crippen MR) is 162 cm³/mol. The minimum absolute atomic E-state index is 0.0784. The standard InChI is InChI=1S/C32H36BrN3O4/c1-23(2)22-34-36-31(38)32(19-6-10-24-8-4-3-5-9-24)29(25-11-15-27(33)16-12-25)40-30(35-32)26-13-17-28(18-14-26)39-21-7-20-37/h3-6,8-18,23,29,34,37H,7,19-22H2,1-2H3,(H,36,38)/b10-6+/t29-,32-/m0/s1. The molecule has 0 bridgehead atoms. The van der Waals surface area contributed by atoms with Gasteiger partial charge in [-0.25, -0.2) is 10.4 Å². The van der Waals surface area contributed by atoms with Crippen molar-refractivity contribution in [2.75, 3.05) is 19.8 Å². The molecule has 0 saturated heterocycles. The Kier molecular flexibility index (Phi) is 10.5. The molecule has 0 aromatic heterocycles. The molecule has 8 heteroatoms. The minimum atomic E-state index is -1.26. The van der Waals surface area contributed by atoms with Gasteiger partial charge in [0.05, 0.1) is 6.61 Å². The molecule has 0 radical (unpaired) electrons. The molecule has 2 atom stereocenters. The van der Waals surface area contributed by atoms with Crippen LogP contribution in [-0.2, 0) is 9.53 Å². The van der Waals surface area contributed by atoms with Crippen LogP contribution in [0.1, 0.15) is 49.5 Å². The van der Waals surface area contributed by atoms with E-state index < -0.39 is 11.6 Å². The molecule has 4 rings (SSSR count). The number of aliphatic hydroxyl groups excluding tert-OH is 1. The molecule has 0 saturated carbocycles. The molecule has 0 spiro atoms. The lowest BCUT2D eigenvalue weighted by molar-refractivity contribution is -0.129. The smallest absolute Gasteiger partial charge is 0.266 e. The molecule has 3 aromatic carbocycles. The zero-order valence-electron chi connectivity index (χ0n) is 22.8. The zero-order valence-corrected chi connectivity index (χ0v) is 24.4. The zero-order chi connectivity index (χ0) is 28.4. The number of ether oxygens (including phenoxy) is 2. The van der Waals surface area contributed by atoms with Gasteiger partial charge in [0.2, 0.25) is 5.90 Å². The van der Waals surface area contributed by atoms with Gasteiger partial charge in [-0.05, 0) is 53.4 Å². The van der Waals surface area contributed by atoms with Crippen LogP contribution in [0.15, 0.2) is 94.4 Å². The Morgan fingerprint density at radius 1 is 1.10 bits per heavy atom. The molecular weight excluding hydrogens is 570 g/mol. The molecule has 0 fully saturated rings. The molecule has 1 amide bonds. The molecule has 210 valence electrons. The van der Waals surface area contributed by atoms with Crippen LogP contribution >= 0.6 is 15.9 Å². The SMILES string of the molecule is CC(C)CNNC(=O)[C@@]1(C/C=C/c2ccccc2)N=C(c2ccc(OCCCO)cc2)O[C@H]1c1ccc(Br)cc1. The first kappa shape index (κ1) is 29.5. The summed E-state index contributed by atoms with van der Waals surface area (Å²) in [6, 6.07) is 25.2. The van der Waals surface area contributed by atoms with Gasteiger partial charge in [-0.3, -0.25) is 10.2 Å². The van der Waals surface area contributed by atoms with Crippen molar-refractivity contribution in [3.8, 4) is 5.75 Å². The van der Waals surface area contributed by atoms with Crippen LogP contribution in [0.3, 0.4) is 0 Å². The fourth-order valence-electron chi connectivity index (χ4n) is 4.34. The number of nitrogens with one attached hydrogen (secondary N) is 2. The van der Waals surface area contributed by atoms with E-state index in [9.17, 15) is 4.79 Å². The average Bonchev–Trinajstić information content (AvgIpc) is 3.35. The number of aliphatic hydroxyl groups is 1. The van der Waals surface area contributed by atoms with E-state index in [1.807, 2.05) is 91.0 Å². The van der Waals surface area contributed by atoms with E-state index in [0.717, 1.165) is 21.2 Å². The molecule has 3 N–H and O–H groups in total. The maximum Gasteiger partial charge on any atom is 0.266 e. The number of nitrogens with zero attached hydrogens (tertiary/aromatic N) is 1. The van der Waals surface area contributed by atoms with E-state index in [4.69, 9.17) is 19.6 Å². The Morgan fingerprint density at radius 2 is 1.82 bits per heavy atom. The number of benzene rings is 3. The highest BCUT2D eigenvalue weighted by molar-refractivity contribution is 9.10. The van der Waals surface area contributed by atoms with Crippen LogP contribution in [0.25, 0.3) is 6.08 Å². The first-order valence-electron chi connectivity index (χ1n) is 13.5. The Balaban J connectivity index is 1.71. The third-order valence-electron chi connectivity index (χ3n) is 6.45. The summed E-state index contributed by atoms with van der Waals surface area (Å²) >= 11 is 3.51. The van der Waals surface area contributed by atoms with Crippen LogP contribution < -0.4 is 15.6 Å². The van der Waals surface area contributed by atoms with Crippen molar-refractivity contribution < 1.29 is 19.4 Å². The number of hydrazine groups is 1. The van der Waals surface area contributed by atoms with Crippen molar-refractivity contribution in [1.82, 2.24) is 10.9 Å². The Hall–Kier alpha value is -3.46. The third-order valence-corrected chi connectivity index (χ3v) is 6.98. The molecule has 1 heterocycles. The van der Waals surface area contributed by atoms with Gasteiger partial charge in [-0.2, -0.15) is 0 Å². The summed E-state index contributed by atoms with van der Waals surface area (Å²) < 4.78 is 13.1. The fraction of sp³-hybridized carbons (Fsp3) is 0.312. The van der Waals surface area contributed by atoms with Gasteiger partial charge < -0.3 is 14.6 Å². The number of carbonyl (C=O) groups is 1. The van der Waals surface area contributed by atoms with E-state index in [2.05, 4.69) is 40.6 Å². The van der Waals surface area contributed by atoms with Crippen LogP contribution in [0.2, 0.25) is 0 Å². The summed E-state index contributed by atoms with van der Waals surface area (Å²) in [6.07, 6.45) is 4.21. The van der Waals surface area contributed by atoms with Crippen LogP contribution in [-0.4, -0.2) is 42.2 Å². The van der Waals surface area contributed by atoms with E-state index in [-0.39, 0.29) is 12.5 Å². The number of aliphatic imine (C=N–C) groups is 1. The Morgan fingerprint density at radius 3 is 2.50 bits per heavy atom. The molecule has 7 nitrogen and oxygen atoms in total. The molecule has 3 aromatic rings. The molecule has 0 aliphatic carbocycles. The number of amides is 1. The predicted octanol–water partition coefficient (Wildman–Crippen LogP) is 5.85. The van der Waals surface area contributed by atoms with E-state index in [0.29, 0.717) is 43.6 Å². The second kappa shape index (κ2) is 14.3. The third kappa shape index (κ3) is 7.59. The normalized spacial score (nSPS) is 18.5. The fourth-order valence-corrected chi connectivity index (χ4v) is 4.60. The highest BCUT2D eigenvalue weighted by atomic mass is 79.9. The van der Waals surface area contributed by atoms with E-state index >= 15 is 0 Å². The van der Waals surface area contributed by atoms with Crippen molar-refractivity contribution >= 4 is 33.8 Å². The summed E-state index contributed by atoms with van der Waals surface area (Å²) in [5.41, 5.74) is 7.35. The Labute approximate surface area is 244 Å². The lowest BCUT2D eigenvalue weighted by Crippen LogP contribution is -2.53. The lowest BCUT2D eigenvalue weighted by atomic mass is 9.84. The van der Waals surface area contributed by atoms with E-state index in [1.165, 1.54) is 0 Å². The van der Waals surface area contributed by atoms with Gasteiger partial charge in [0, 0.05) is 36.0 Å². The summed E-state index contributed by atoms with van der Waals surface area (Å²) in [5.74, 6) is 1.17. The number of hydrogen-bond donors (Lipinski definition) is 3. The largest absolute Gasteiger partial charge is 0.494 e. The number of rotatable bonds is 13. The Bertz CT molecular complexity index is 1290. The first-order valence-corrected chi connectivity index (χ1v) is 14.3. The van der Waals surface area contributed by atoms with Crippen molar-refractivity contribution in [2.45, 2.75) is 38.3 Å². The van der Waals surface area contributed by atoms with Crippen molar-refractivity contribution in [3.63, 3.8) is 0 Å². The van der Waals surface area contributed by atoms with Crippen LogP contribution in [0.4, 0.5) is 0 Å². The lowest BCUT2D eigenvalue weighted by Gasteiger charge is -2.30. The first-order chi connectivity index (χ1) is 19.4. The van der Waals surface area contributed by atoms with Gasteiger partial charge in [0.15, 0.2) is 11.6 Å². The summed E-state index contributed by atoms with van der Waals surface area (Å²) in [7, 11) is 0. The maximum atomic E-state index is 14.0. The van der Waals surface area contributed by atoms with Crippen molar-refractivity contribution in [1.29, 1.82) is 0 Å². The number of carbonyl (C=O) groups excluding carboxylic acids is 1. The van der Waals surface area contributed by atoms with Crippen molar-refractivity contribution in [2.24, 2.45) is 10.9 Å². The van der Waals surface area contributed by atoms with Crippen LogP contribution in [0, 0.1) is 5.92 Å². The highest BCUT2D eigenvalue weighted by Crippen LogP contribution is 2.43. The van der Waals surface area contributed by atoms with Crippen LogP contribution in [0.5, 0.6) is 5.75 Å². The van der Waals surface area contributed by atoms with Gasteiger partial charge >= 0.3 is 0 Å². The highest BCUT2D eigenvalue weighted by Gasteiger charge is 2.52. The summed E-state index contributed by atoms with van der Waals surface area (Å²) in [5, 5.41) is 9.01. The summed E-state index contributed by atoms with van der Waals surface area (Å²) in [6.45, 7) is 5.29. The molecule has 1 aliphatic heterocycles. The van der Waals surface area contributed by atoms with Gasteiger partial charge in [0.1, 0.15) is 5.75 Å². The van der Waals surface area contributed by atoms with E-state index in [1.54, 1.807) is 0 Å². The average molecular weight is 607 g/mol. The molecule has 1 aliphatic rings. The van der Waals surface area contributed by atoms with Crippen molar-refractivity contribution in [3.05, 3.63) is 106 Å². The molecule has 0 unspecified atom stereocenters. The number of halogens is 1. The van der Waals surface area contributed by atoms with Gasteiger partial charge in [-0.1, -0.05) is 84.4 Å². The molecule has 40 heavy (non-hydrogen) atoms. The monoisotopic (exact) mass is 605 g/mol. The summed E-state index contributed by atoms with van der Waals surface area (Å²) in [4.78, 5) is 19.0. The maximum absolute atomic E-state index is 14.0. The second-order valence-electron chi connectivity index (χ2n) is 10.1. The quantitative estimate of drug-likeness (QED) is 0.168.